The molecule has 2 aromatic rings. The Morgan fingerprint density at radius 2 is 2.12 bits per heavy atom. The van der Waals surface area contributed by atoms with E-state index < -0.39 is 11.9 Å². The van der Waals surface area contributed by atoms with E-state index in [1.165, 1.54) is 0 Å². The summed E-state index contributed by atoms with van der Waals surface area (Å²) in [6, 6.07) is 4.35. The number of benzene rings is 1. The molecule has 0 atom stereocenters. The second kappa shape index (κ2) is 7.43. The van der Waals surface area contributed by atoms with Crippen LogP contribution in [0.3, 0.4) is 0 Å². The minimum absolute atomic E-state index is 0.0317. The summed E-state index contributed by atoms with van der Waals surface area (Å²) in [5.41, 5.74) is 0.498. The number of carbonyl (C=O) groups excluding carboxylic acids is 2. The fourth-order valence-electron chi connectivity index (χ4n) is 2.01. The van der Waals surface area contributed by atoms with Gasteiger partial charge in [-0.25, -0.2) is 9.78 Å². The number of H-pyrrole nitrogens is 1. The number of thioether (sulfide) groups is 1. The number of ether oxygens (including phenoxy) is 2. The molecule has 0 fully saturated rings. The average Bonchev–Trinajstić information content (AvgIpc) is 3.21. The molecule has 0 bridgehead atoms. The summed E-state index contributed by atoms with van der Waals surface area (Å²) in [6.07, 6.45) is 0. The van der Waals surface area contributed by atoms with Crippen LogP contribution < -0.4 is 20.1 Å². The van der Waals surface area contributed by atoms with Crippen LogP contribution in [0.1, 0.15) is 25.6 Å². The summed E-state index contributed by atoms with van der Waals surface area (Å²) >= 11 is 1.15. The van der Waals surface area contributed by atoms with Crippen LogP contribution in [0.4, 0.5) is 10.5 Å². The quantitative estimate of drug-likeness (QED) is 0.696. The van der Waals surface area contributed by atoms with E-state index in [9.17, 15) is 9.59 Å². The van der Waals surface area contributed by atoms with Gasteiger partial charge < -0.3 is 14.8 Å². The monoisotopic (exact) mass is 363 g/mol. The highest BCUT2D eigenvalue weighted by Gasteiger charge is 2.15. The number of hydrogen-bond acceptors (Lipinski definition) is 7. The van der Waals surface area contributed by atoms with Crippen LogP contribution in [-0.2, 0) is 4.79 Å². The molecule has 0 saturated carbocycles. The Balaban J connectivity index is 1.46. The number of urea groups is 1. The SMILES string of the molecule is CC(C)c1nc(SCC(=O)NC(=O)Nc2ccc3c(c2)OCO3)n[nH]1. The first-order valence-electron chi connectivity index (χ1n) is 7.57. The molecule has 3 rings (SSSR count). The predicted molar refractivity (Wildman–Crippen MR) is 90.9 cm³/mol. The van der Waals surface area contributed by atoms with Gasteiger partial charge in [0.15, 0.2) is 11.5 Å². The third-order valence-corrected chi connectivity index (χ3v) is 4.09. The fourth-order valence-corrected chi connectivity index (χ4v) is 2.62. The van der Waals surface area contributed by atoms with E-state index in [2.05, 4.69) is 25.8 Å². The third-order valence-electron chi connectivity index (χ3n) is 3.24. The van der Waals surface area contributed by atoms with Gasteiger partial charge in [-0.1, -0.05) is 25.6 Å². The first kappa shape index (κ1) is 17.1. The fraction of sp³-hybridized carbons (Fsp3) is 0.333. The molecule has 1 aromatic heterocycles. The van der Waals surface area contributed by atoms with Crippen molar-refractivity contribution in [2.24, 2.45) is 0 Å². The Kier molecular flexibility index (Phi) is 5.08. The molecular formula is C15H17N5O4S. The molecule has 1 aromatic carbocycles. The topological polar surface area (TPSA) is 118 Å². The predicted octanol–water partition coefficient (Wildman–Crippen LogP) is 2.10. The molecule has 3 amide bonds. The Bertz CT molecular complexity index is 792. The molecule has 10 heteroatoms. The van der Waals surface area contributed by atoms with E-state index >= 15 is 0 Å². The van der Waals surface area contributed by atoms with E-state index in [0.29, 0.717) is 22.3 Å². The molecule has 1 aliphatic rings. The lowest BCUT2D eigenvalue weighted by Crippen LogP contribution is -2.35. The molecule has 0 saturated heterocycles. The standard InChI is InChI=1S/C15H17N5O4S/c1-8(2)13-18-15(20-19-13)25-6-12(21)17-14(22)16-9-3-4-10-11(5-9)24-7-23-10/h3-5,8H,6-7H2,1-2H3,(H,18,19,20)(H2,16,17,21,22). The van der Waals surface area contributed by atoms with Crippen molar-refractivity contribution in [3.05, 3.63) is 24.0 Å². The van der Waals surface area contributed by atoms with Gasteiger partial charge in [0, 0.05) is 17.7 Å². The highest BCUT2D eigenvalue weighted by atomic mass is 32.2. The van der Waals surface area contributed by atoms with E-state index in [0.717, 1.165) is 17.6 Å². The number of amides is 3. The molecule has 0 radical (unpaired) electrons. The maximum absolute atomic E-state index is 11.9. The second-order valence-electron chi connectivity index (χ2n) is 5.52. The van der Waals surface area contributed by atoms with Gasteiger partial charge in [-0.2, -0.15) is 0 Å². The Labute approximate surface area is 147 Å². The lowest BCUT2D eigenvalue weighted by atomic mass is 10.2. The van der Waals surface area contributed by atoms with E-state index in [1.807, 2.05) is 13.8 Å². The first-order valence-corrected chi connectivity index (χ1v) is 8.55. The van der Waals surface area contributed by atoms with Gasteiger partial charge in [-0.05, 0) is 12.1 Å². The van der Waals surface area contributed by atoms with Gasteiger partial charge in [0.1, 0.15) is 5.82 Å². The van der Waals surface area contributed by atoms with Crippen molar-refractivity contribution in [1.82, 2.24) is 20.5 Å². The van der Waals surface area contributed by atoms with Gasteiger partial charge in [0.05, 0.1) is 5.75 Å². The summed E-state index contributed by atoms with van der Waals surface area (Å²) in [6.45, 7) is 4.13. The molecule has 25 heavy (non-hydrogen) atoms. The number of nitrogens with one attached hydrogen (secondary N) is 3. The number of anilines is 1. The van der Waals surface area contributed by atoms with E-state index in [-0.39, 0.29) is 18.5 Å². The summed E-state index contributed by atoms with van der Waals surface area (Å²) in [7, 11) is 0. The van der Waals surface area contributed by atoms with Crippen molar-refractivity contribution in [3.63, 3.8) is 0 Å². The van der Waals surface area contributed by atoms with Crippen molar-refractivity contribution in [3.8, 4) is 11.5 Å². The van der Waals surface area contributed by atoms with Crippen molar-refractivity contribution >= 4 is 29.4 Å². The summed E-state index contributed by atoms with van der Waals surface area (Å²) in [5.74, 6) is 1.73. The second-order valence-corrected chi connectivity index (χ2v) is 6.46. The van der Waals surface area contributed by atoms with Crippen LogP contribution in [0.25, 0.3) is 0 Å². The minimum Gasteiger partial charge on any atom is -0.454 e. The first-order chi connectivity index (χ1) is 12.0. The van der Waals surface area contributed by atoms with Crippen LogP contribution in [0.2, 0.25) is 0 Å². The smallest absolute Gasteiger partial charge is 0.325 e. The van der Waals surface area contributed by atoms with E-state index in [1.54, 1.807) is 18.2 Å². The van der Waals surface area contributed by atoms with Gasteiger partial charge in [-0.3, -0.25) is 15.2 Å². The number of aromatic nitrogens is 3. The molecule has 0 spiro atoms. The lowest BCUT2D eigenvalue weighted by molar-refractivity contribution is -0.117. The maximum Gasteiger partial charge on any atom is 0.325 e. The molecule has 3 N–H and O–H groups in total. The summed E-state index contributed by atoms with van der Waals surface area (Å²) in [4.78, 5) is 28.0. The normalized spacial score (nSPS) is 12.3. The zero-order valence-electron chi connectivity index (χ0n) is 13.7. The highest BCUT2D eigenvalue weighted by Crippen LogP contribution is 2.34. The van der Waals surface area contributed by atoms with Crippen LogP contribution in [0, 0.1) is 0 Å². The van der Waals surface area contributed by atoms with Crippen LogP contribution in [0.5, 0.6) is 11.5 Å². The number of rotatable bonds is 5. The van der Waals surface area contributed by atoms with Crippen molar-refractivity contribution < 1.29 is 19.1 Å². The van der Waals surface area contributed by atoms with E-state index in [4.69, 9.17) is 9.47 Å². The van der Waals surface area contributed by atoms with Gasteiger partial charge in [-0.15, -0.1) is 5.10 Å². The number of aromatic amines is 1. The minimum atomic E-state index is -0.623. The zero-order chi connectivity index (χ0) is 17.8. The van der Waals surface area contributed by atoms with Crippen LogP contribution >= 0.6 is 11.8 Å². The summed E-state index contributed by atoms with van der Waals surface area (Å²) < 4.78 is 10.4. The molecule has 132 valence electrons. The van der Waals surface area contributed by atoms with Crippen molar-refractivity contribution in [2.45, 2.75) is 24.9 Å². The highest BCUT2D eigenvalue weighted by molar-refractivity contribution is 7.99. The van der Waals surface area contributed by atoms with Gasteiger partial charge in [0.2, 0.25) is 17.9 Å². The van der Waals surface area contributed by atoms with Crippen molar-refractivity contribution in [1.29, 1.82) is 0 Å². The van der Waals surface area contributed by atoms with Gasteiger partial charge in [0.25, 0.3) is 0 Å². The number of carbonyl (C=O) groups is 2. The van der Waals surface area contributed by atoms with Gasteiger partial charge >= 0.3 is 6.03 Å². The number of imide groups is 1. The Hall–Kier alpha value is -2.75. The molecule has 9 nitrogen and oxygen atoms in total. The van der Waals surface area contributed by atoms with Crippen LogP contribution in [-0.4, -0.2) is 39.7 Å². The molecular weight excluding hydrogens is 346 g/mol. The number of fused-ring (bicyclic) bond motifs is 1. The molecule has 0 unspecified atom stereocenters. The lowest BCUT2D eigenvalue weighted by Gasteiger charge is -2.07. The Morgan fingerprint density at radius 3 is 2.88 bits per heavy atom. The van der Waals surface area contributed by atoms with Crippen molar-refractivity contribution in [2.75, 3.05) is 17.9 Å². The summed E-state index contributed by atoms with van der Waals surface area (Å²) in [5, 5.41) is 12.1. The molecule has 2 heterocycles. The maximum atomic E-state index is 11.9. The van der Waals surface area contributed by atoms with Crippen LogP contribution in [0.15, 0.2) is 23.4 Å². The zero-order valence-corrected chi connectivity index (χ0v) is 14.5. The Morgan fingerprint density at radius 1 is 1.32 bits per heavy atom. The molecule has 0 aliphatic carbocycles. The number of hydrogen-bond donors (Lipinski definition) is 3. The number of nitrogens with zero attached hydrogens (tertiary/aromatic N) is 2. The molecule has 1 aliphatic heterocycles. The largest absolute Gasteiger partial charge is 0.454 e. The third kappa shape index (κ3) is 4.41. The average molecular weight is 363 g/mol.